The molecule has 0 aliphatic rings. The van der Waals surface area contributed by atoms with Gasteiger partial charge >= 0.3 is 0 Å². The molecular weight excluding hydrogens is 352 g/mol. The Labute approximate surface area is 156 Å². The van der Waals surface area contributed by atoms with Crippen LogP contribution in [-0.2, 0) is 11.2 Å². The number of carbonyl (C=O) groups is 1. The monoisotopic (exact) mass is 368 g/mol. The first-order valence-corrected chi connectivity index (χ1v) is 9.10. The van der Waals surface area contributed by atoms with Crippen molar-refractivity contribution >= 4 is 34.5 Å². The largest absolute Gasteiger partial charge is 0.308 e. The number of nitrogens with zero attached hydrogens (tertiary/aromatic N) is 2. The molecule has 3 aromatic rings. The SMILES string of the molecule is C=CCN(C(=O)Cc1csc(-c2ccccc2Cl)n1)c1ccccc1. The number of halogens is 1. The van der Waals surface area contributed by atoms with E-state index in [9.17, 15) is 4.79 Å². The fourth-order valence-electron chi connectivity index (χ4n) is 2.49. The number of rotatable bonds is 6. The van der Waals surface area contributed by atoms with Crippen molar-refractivity contribution in [1.82, 2.24) is 4.98 Å². The van der Waals surface area contributed by atoms with Gasteiger partial charge in [-0.1, -0.05) is 54.1 Å². The molecule has 126 valence electrons. The van der Waals surface area contributed by atoms with Gasteiger partial charge in [-0.2, -0.15) is 0 Å². The number of hydrogen-bond acceptors (Lipinski definition) is 3. The smallest absolute Gasteiger partial charge is 0.233 e. The number of para-hydroxylation sites is 1. The van der Waals surface area contributed by atoms with Crippen LogP contribution >= 0.6 is 22.9 Å². The molecule has 0 bridgehead atoms. The molecule has 1 aromatic heterocycles. The molecule has 0 fully saturated rings. The fraction of sp³-hybridized carbons (Fsp3) is 0.100. The van der Waals surface area contributed by atoms with Gasteiger partial charge in [-0.3, -0.25) is 4.79 Å². The van der Waals surface area contributed by atoms with E-state index < -0.39 is 0 Å². The van der Waals surface area contributed by atoms with E-state index in [1.54, 1.807) is 11.0 Å². The van der Waals surface area contributed by atoms with E-state index >= 15 is 0 Å². The van der Waals surface area contributed by atoms with Gasteiger partial charge in [0.2, 0.25) is 5.91 Å². The number of thiazole rings is 1. The van der Waals surface area contributed by atoms with E-state index in [0.717, 1.165) is 22.0 Å². The molecule has 0 aliphatic heterocycles. The minimum atomic E-state index is -0.0119. The summed E-state index contributed by atoms with van der Waals surface area (Å²) in [4.78, 5) is 19.0. The minimum Gasteiger partial charge on any atom is -0.308 e. The minimum absolute atomic E-state index is 0.0119. The maximum absolute atomic E-state index is 12.7. The average molecular weight is 369 g/mol. The van der Waals surface area contributed by atoms with Gasteiger partial charge in [0, 0.05) is 23.2 Å². The van der Waals surface area contributed by atoms with Crippen LogP contribution in [0.5, 0.6) is 0 Å². The molecule has 1 amide bonds. The van der Waals surface area contributed by atoms with Crippen molar-refractivity contribution in [2.45, 2.75) is 6.42 Å². The van der Waals surface area contributed by atoms with Crippen LogP contribution in [0, 0.1) is 0 Å². The van der Waals surface area contributed by atoms with Crippen LogP contribution in [0.1, 0.15) is 5.69 Å². The number of amides is 1. The molecule has 0 N–H and O–H groups in total. The lowest BCUT2D eigenvalue weighted by Crippen LogP contribution is -2.32. The summed E-state index contributed by atoms with van der Waals surface area (Å²) in [6, 6.07) is 17.2. The molecule has 1 heterocycles. The van der Waals surface area contributed by atoms with E-state index in [-0.39, 0.29) is 12.3 Å². The summed E-state index contributed by atoms with van der Waals surface area (Å²) < 4.78 is 0. The Bertz CT molecular complexity index is 876. The van der Waals surface area contributed by atoms with Crippen LogP contribution in [0.3, 0.4) is 0 Å². The second kappa shape index (κ2) is 8.10. The molecule has 0 saturated heterocycles. The molecule has 2 aromatic carbocycles. The Kier molecular flexibility index (Phi) is 5.64. The zero-order chi connectivity index (χ0) is 17.6. The first-order chi connectivity index (χ1) is 12.2. The quantitative estimate of drug-likeness (QED) is 0.558. The van der Waals surface area contributed by atoms with E-state index in [0.29, 0.717) is 11.6 Å². The standard InChI is InChI=1S/C20H17ClN2OS/c1-2-12-23(16-8-4-3-5-9-16)19(24)13-15-14-25-20(22-15)17-10-6-7-11-18(17)21/h2-11,14H,1,12-13H2. The van der Waals surface area contributed by atoms with Gasteiger partial charge < -0.3 is 4.90 Å². The number of carbonyl (C=O) groups excluding carboxylic acids is 1. The Morgan fingerprint density at radius 1 is 1.16 bits per heavy atom. The highest BCUT2D eigenvalue weighted by molar-refractivity contribution is 7.13. The molecule has 3 nitrogen and oxygen atoms in total. The van der Waals surface area contributed by atoms with Gasteiger partial charge in [-0.25, -0.2) is 4.98 Å². The van der Waals surface area contributed by atoms with Crippen LogP contribution in [0.4, 0.5) is 5.69 Å². The maximum Gasteiger partial charge on any atom is 0.233 e. The Balaban J connectivity index is 1.78. The Morgan fingerprint density at radius 3 is 2.60 bits per heavy atom. The van der Waals surface area contributed by atoms with Crippen molar-refractivity contribution in [2.75, 3.05) is 11.4 Å². The predicted octanol–water partition coefficient (Wildman–Crippen LogP) is 5.23. The van der Waals surface area contributed by atoms with Crippen molar-refractivity contribution in [2.24, 2.45) is 0 Å². The highest BCUT2D eigenvalue weighted by Crippen LogP contribution is 2.30. The topological polar surface area (TPSA) is 33.2 Å². The third-order valence-corrected chi connectivity index (χ3v) is 4.92. The maximum atomic E-state index is 12.7. The molecular formula is C20H17ClN2OS. The summed E-state index contributed by atoms with van der Waals surface area (Å²) in [5, 5.41) is 3.39. The van der Waals surface area contributed by atoms with Crippen LogP contribution in [0.2, 0.25) is 5.02 Å². The van der Waals surface area contributed by atoms with E-state index in [1.165, 1.54) is 11.3 Å². The third kappa shape index (κ3) is 4.16. The first kappa shape index (κ1) is 17.4. The lowest BCUT2D eigenvalue weighted by Gasteiger charge is -2.20. The lowest BCUT2D eigenvalue weighted by molar-refractivity contribution is -0.117. The zero-order valence-electron chi connectivity index (χ0n) is 13.6. The summed E-state index contributed by atoms with van der Waals surface area (Å²) in [5.41, 5.74) is 2.49. The summed E-state index contributed by atoms with van der Waals surface area (Å²) >= 11 is 7.72. The van der Waals surface area contributed by atoms with Crippen LogP contribution in [0.15, 0.2) is 72.6 Å². The van der Waals surface area contributed by atoms with E-state index in [1.807, 2.05) is 60.0 Å². The fourth-order valence-corrected chi connectivity index (χ4v) is 3.63. The number of hydrogen-bond donors (Lipinski definition) is 0. The normalized spacial score (nSPS) is 10.4. The Hall–Kier alpha value is -2.43. The molecule has 25 heavy (non-hydrogen) atoms. The van der Waals surface area contributed by atoms with Crippen LogP contribution < -0.4 is 4.90 Å². The van der Waals surface area contributed by atoms with Crippen molar-refractivity contribution in [1.29, 1.82) is 0 Å². The summed E-state index contributed by atoms with van der Waals surface area (Å²) in [6.07, 6.45) is 1.96. The summed E-state index contributed by atoms with van der Waals surface area (Å²) in [7, 11) is 0. The highest BCUT2D eigenvalue weighted by Gasteiger charge is 2.17. The molecule has 0 unspecified atom stereocenters. The predicted molar refractivity (Wildman–Crippen MR) is 105 cm³/mol. The van der Waals surface area contributed by atoms with Crippen LogP contribution in [0.25, 0.3) is 10.6 Å². The zero-order valence-corrected chi connectivity index (χ0v) is 15.1. The van der Waals surface area contributed by atoms with Gasteiger partial charge in [0.05, 0.1) is 17.1 Å². The van der Waals surface area contributed by atoms with Gasteiger partial charge in [-0.05, 0) is 18.2 Å². The van der Waals surface area contributed by atoms with Gasteiger partial charge in [0.15, 0.2) is 0 Å². The number of benzene rings is 2. The number of aromatic nitrogens is 1. The van der Waals surface area contributed by atoms with E-state index in [2.05, 4.69) is 11.6 Å². The lowest BCUT2D eigenvalue weighted by atomic mass is 10.2. The molecule has 5 heteroatoms. The molecule has 0 aliphatic carbocycles. The number of anilines is 1. The van der Waals surface area contributed by atoms with Crippen molar-refractivity contribution in [3.8, 4) is 10.6 Å². The second-order valence-electron chi connectivity index (χ2n) is 5.43. The molecule has 3 rings (SSSR count). The summed E-state index contributed by atoms with van der Waals surface area (Å²) in [6.45, 7) is 4.21. The second-order valence-corrected chi connectivity index (χ2v) is 6.69. The molecule has 0 atom stereocenters. The molecule has 0 spiro atoms. The summed E-state index contributed by atoms with van der Waals surface area (Å²) in [5.74, 6) is -0.0119. The first-order valence-electron chi connectivity index (χ1n) is 7.84. The molecule has 0 radical (unpaired) electrons. The van der Waals surface area contributed by atoms with Crippen LogP contribution in [-0.4, -0.2) is 17.4 Å². The van der Waals surface area contributed by atoms with E-state index in [4.69, 9.17) is 11.6 Å². The average Bonchev–Trinajstić information content (AvgIpc) is 3.09. The highest BCUT2D eigenvalue weighted by atomic mass is 35.5. The van der Waals surface area contributed by atoms with Gasteiger partial charge in [0.25, 0.3) is 0 Å². The third-order valence-electron chi connectivity index (χ3n) is 3.67. The Morgan fingerprint density at radius 2 is 1.88 bits per heavy atom. The van der Waals surface area contributed by atoms with Crippen molar-refractivity contribution < 1.29 is 4.79 Å². The van der Waals surface area contributed by atoms with Gasteiger partial charge in [0.1, 0.15) is 5.01 Å². The van der Waals surface area contributed by atoms with Crippen molar-refractivity contribution in [3.63, 3.8) is 0 Å². The van der Waals surface area contributed by atoms with Gasteiger partial charge in [-0.15, -0.1) is 17.9 Å². The molecule has 0 saturated carbocycles. The van der Waals surface area contributed by atoms with Crippen molar-refractivity contribution in [3.05, 3.63) is 83.3 Å².